The third-order valence-corrected chi connectivity index (χ3v) is 2.17. The van der Waals surface area contributed by atoms with Crippen LogP contribution in [0.4, 0.5) is 0 Å². The minimum absolute atomic E-state index is 0.142. The van der Waals surface area contributed by atoms with Crippen molar-refractivity contribution in [3.05, 3.63) is 0 Å². The monoisotopic (exact) mass is 171 g/mol. The second-order valence-electron chi connectivity index (χ2n) is 3.01. The Balaban J connectivity index is 2.60. The second-order valence-corrected chi connectivity index (χ2v) is 3.01. The maximum Gasteiger partial charge on any atom is 0.323 e. The van der Waals surface area contributed by atoms with Gasteiger partial charge < -0.3 is 4.74 Å². The average molecular weight is 171 g/mol. The molecule has 0 aromatic heterocycles. The van der Waals surface area contributed by atoms with Crippen molar-refractivity contribution in [1.82, 2.24) is 4.90 Å². The standard InChI is InChI=1S/C8H13NO3/c1-9-4-3-6(10)5-7(9)8(11)12-2/h7H,3-5H2,1-2H3/t7-/m0/s1. The molecule has 12 heavy (non-hydrogen) atoms. The van der Waals surface area contributed by atoms with E-state index in [1.54, 1.807) is 0 Å². The number of likely N-dealkylation sites (N-methyl/N-ethyl adjacent to an activating group) is 1. The van der Waals surface area contributed by atoms with Gasteiger partial charge in [0.2, 0.25) is 0 Å². The molecule has 1 saturated heterocycles. The van der Waals surface area contributed by atoms with E-state index in [9.17, 15) is 9.59 Å². The summed E-state index contributed by atoms with van der Waals surface area (Å²) < 4.78 is 4.58. The van der Waals surface area contributed by atoms with Crippen molar-refractivity contribution in [3.63, 3.8) is 0 Å². The molecule has 68 valence electrons. The van der Waals surface area contributed by atoms with E-state index >= 15 is 0 Å². The maximum atomic E-state index is 11.1. The maximum absolute atomic E-state index is 11.1. The van der Waals surface area contributed by atoms with E-state index in [0.717, 1.165) is 0 Å². The predicted octanol–water partition coefficient (Wildman–Crippen LogP) is -0.177. The van der Waals surface area contributed by atoms with Crippen LogP contribution in [0, 0.1) is 0 Å². The second kappa shape index (κ2) is 3.67. The van der Waals surface area contributed by atoms with E-state index in [0.29, 0.717) is 19.4 Å². The fourth-order valence-corrected chi connectivity index (χ4v) is 1.33. The Bertz CT molecular complexity index is 202. The number of methoxy groups -OCH3 is 1. The first-order chi connectivity index (χ1) is 5.65. The van der Waals surface area contributed by atoms with Gasteiger partial charge in [-0.05, 0) is 7.05 Å². The van der Waals surface area contributed by atoms with E-state index in [2.05, 4.69) is 4.74 Å². The van der Waals surface area contributed by atoms with Gasteiger partial charge >= 0.3 is 5.97 Å². The molecule has 4 heteroatoms. The summed E-state index contributed by atoms with van der Waals surface area (Å²) in [5.41, 5.74) is 0. The molecule has 1 atom stereocenters. The third kappa shape index (κ3) is 1.82. The summed E-state index contributed by atoms with van der Waals surface area (Å²) in [5.74, 6) is -0.172. The highest BCUT2D eigenvalue weighted by Crippen LogP contribution is 2.12. The van der Waals surface area contributed by atoms with Gasteiger partial charge in [0.05, 0.1) is 7.11 Å². The zero-order valence-corrected chi connectivity index (χ0v) is 7.37. The van der Waals surface area contributed by atoms with E-state index in [-0.39, 0.29) is 17.8 Å². The number of hydrogen-bond acceptors (Lipinski definition) is 4. The molecule has 0 unspecified atom stereocenters. The molecular formula is C8H13NO3. The minimum atomic E-state index is -0.365. The number of ketones is 1. The molecule has 0 N–H and O–H groups in total. The quantitative estimate of drug-likeness (QED) is 0.513. The van der Waals surface area contributed by atoms with Crippen molar-refractivity contribution in [1.29, 1.82) is 0 Å². The number of esters is 1. The van der Waals surface area contributed by atoms with Crippen LogP contribution in [0.1, 0.15) is 12.8 Å². The van der Waals surface area contributed by atoms with Gasteiger partial charge in [0, 0.05) is 19.4 Å². The SMILES string of the molecule is COC(=O)[C@@H]1CC(=O)CCN1C. The van der Waals surface area contributed by atoms with Crippen LogP contribution in [0.25, 0.3) is 0 Å². The number of piperidine rings is 1. The van der Waals surface area contributed by atoms with Gasteiger partial charge in [-0.2, -0.15) is 0 Å². The van der Waals surface area contributed by atoms with Crippen LogP contribution in [0.5, 0.6) is 0 Å². The minimum Gasteiger partial charge on any atom is -0.468 e. The summed E-state index contributed by atoms with van der Waals surface area (Å²) in [6.45, 7) is 0.651. The van der Waals surface area contributed by atoms with Crippen LogP contribution in [0.2, 0.25) is 0 Å². The molecule has 0 saturated carbocycles. The zero-order chi connectivity index (χ0) is 9.14. The number of hydrogen-bond donors (Lipinski definition) is 0. The summed E-state index contributed by atoms with van der Waals surface area (Å²) in [6, 6.07) is -0.365. The third-order valence-electron chi connectivity index (χ3n) is 2.17. The molecule has 1 heterocycles. The molecule has 4 nitrogen and oxygen atoms in total. The lowest BCUT2D eigenvalue weighted by atomic mass is 10.0. The molecule has 1 fully saturated rings. The van der Waals surface area contributed by atoms with Crippen molar-refractivity contribution >= 4 is 11.8 Å². The van der Waals surface area contributed by atoms with Gasteiger partial charge in [0.25, 0.3) is 0 Å². The van der Waals surface area contributed by atoms with E-state index in [4.69, 9.17) is 0 Å². The Morgan fingerprint density at radius 3 is 2.92 bits per heavy atom. The average Bonchev–Trinajstić information content (AvgIpc) is 2.08. The molecule has 1 rings (SSSR count). The highest BCUT2D eigenvalue weighted by Gasteiger charge is 2.30. The lowest BCUT2D eigenvalue weighted by Gasteiger charge is -2.29. The highest BCUT2D eigenvalue weighted by molar-refractivity contribution is 5.87. The summed E-state index contributed by atoms with van der Waals surface area (Å²) in [4.78, 5) is 24.0. The van der Waals surface area contributed by atoms with Gasteiger partial charge in [-0.3, -0.25) is 14.5 Å². The van der Waals surface area contributed by atoms with E-state index < -0.39 is 0 Å². The highest BCUT2D eigenvalue weighted by atomic mass is 16.5. The van der Waals surface area contributed by atoms with Gasteiger partial charge in [0.15, 0.2) is 0 Å². The van der Waals surface area contributed by atoms with E-state index in [1.165, 1.54) is 7.11 Å². The number of likely N-dealkylation sites (tertiary alicyclic amines) is 1. The van der Waals surface area contributed by atoms with Crippen molar-refractivity contribution in [2.45, 2.75) is 18.9 Å². The Hall–Kier alpha value is -0.900. The largest absolute Gasteiger partial charge is 0.468 e. The number of Topliss-reactive ketones (excluding diaryl/α,β-unsaturated/α-hetero) is 1. The van der Waals surface area contributed by atoms with Crippen LogP contribution < -0.4 is 0 Å². The normalized spacial score (nSPS) is 25.5. The number of nitrogens with zero attached hydrogens (tertiary/aromatic N) is 1. The number of carbonyl (C=O) groups is 2. The number of ether oxygens (including phenoxy) is 1. The fraction of sp³-hybridized carbons (Fsp3) is 0.750. The first-order valence-electron chi connectivity index (χ1n) is 3.95. The summed E-state index contributed by atoms with van der Waals surface area (Å²) >= 11 is 0. The van der Waals surface area contributed by atoms with Crippen molar-refractivity contribution < 1.29 is 14.3 Å². The number of rotatable bonds is 1. The molecule has 0 aliphatic carbocycles. The number of carbonyl (C=O) groups excluding carboxylic acids is 2. The Morgan fingerprint density at radius 1 is 1.67 bits per heavy atom. The van der Waals surface area contributed by atoms with Crippen molar-refractivity contribution in [3.8, 4) is 0 Å². The Kier molecular flexibility index (Phi) is 2.81. The fourth-order valence-electron chi connectivity index (χ4n) is 1.33. The van der Waals surface area contributed by atoms with Crippen molar-refractivity contribution in [2.75, 3.05) is 20.7 Å². The molecule has 1 aliphatic rings. The Labute approximate surface area is 71.5 Å². The molecule has 0 radical (unpaired) electrons. The predicted molar refractivity (Wildman–Crippen MR) is 42.7 cm³/mol. The van der Waals surface area contributed by atoms with Crippen LogP contribution in [0.15, 0.2) is 0 Å². The molecule has 0 spiro atoms. The van der Waals surface area contributed by atoms with Gasteiger partial charge in [-0.1, -0.05) is 0 Å². The first-order valence-corrected chi connectivity index (χ1v) is 3.95. The van der Waals surface area contributed by atoms with Crippen LogP contribution in [0.3, 0.4) is 0 Å². The molecule has 1 aliphatic heterocycles. The summed E-state index contributed by atoms with van der Waals surface area (Å²) in [5, 5.41) is 0. The van der Waals surface area contributed by atoms with Crippen molar-refractivity contribution in [2.24, 2.45) is 0 Å². The van der Waals surface area contributed by atoms with Gasteiger partial charge in [0.1, 0.15) is 11.8 Å². The van der Waals surface area contributed by atoms with Crippen LogP contribution >= 0.6 is 0 Å². The topological polar surface area (TPSA) is 46.6 Å². The first kappa shape index (κ1) is 9.19. The molecular weight excluding hydrogens is 158 g/mol. The summed E-state index contributed by atoms with van der Waals surface area (Å²) in [6.07, 6.45) is 0.840. The molecule has 0 amide bonds. The lowest BCUT2D eigenvalue weighted by Crippen LogP contribution is -2.45. The molecule has 0 aromatic rings. The lowest BCUT2D eigenvalue weighted by molar-refractivity contribution is -0.150. The molecule has 0 aromatic carbocycles. The van der Waals surface area contributed by atoms with Gasteiger partial charge in [-0.15, -0.1) is 0 Å². The summed E-state index contributed by atoms with van der Waals surface area (Å²) in [7, 11) is 3.17. The zero-order valence-electron chi connectivity index (χ0n) is 7.37. The van der Waals surface area contributed by atoms with E-state index in [1.807, 2.05) is 11.9 Å². The van der Waals surface area contributed by atoms with Crippen LogP contribution in [-0.2, 0) is 14.3 Å². The van der Waals surface area contributed by atoms with Crippen LogP contribution in [-0.4, -0.2) is 43.4 Å². The molecule has 0 bridgehead atoms. The Morgan fingerprint density at radius 2 is 2.33 bits per heavy atom. The van der Waals surface area contributed by atoms with Gasteiger partial charge in [-0.25, -0.2) is 0 Å². The smallest absolute Gasteiger partial charge is 0.323 e.